The zero-order valence-electron chi connectivity index (χ0n) is 10.1. The maximum atomic E-state index is 9.80. The fraction of sp³-hybridized carbons (Fsp3) is 0.214. The van der Waals surface area contributed by atoms with Crippen molar-refractivity contribution in [1.82, 2.24) is 4.98 Å². The van der Waals surface area contributed by atoms with Crippen molar-refractivity contribution in [3.63, 3.8) is 0 Å². The van der Waals surface area contributed by atoms with E-state index in [2.05, 4.69) is 10.3 Å². The number of nitrogens with zero attached hydrogens (tertiary/aromatic N) is 1. The van der Waals surface area contributed by atoms with Crippen molar-refractivity contribution in [2.45, 2.75) is 20.4 Å². The molecule has 1 aromatic carbocycles. The first-order chi connectivity index (χ1) is 8.16. The number of benzene rings is 1. The Morgan fingerprint density at radius 2 is 1.88 bits per heavy atom. The van der Waals surface area contributed by atoms with E-state index in [-0.39, 0.29) is 5.88 Å². The SMILES string of the molecule is Cc1cc(C)c(CNc2ccccc2)c(O)n1. The predicted molar refractivity (Wildman–Crippen MR) is 69.1 cm³/mol. The molecule has 0 radical (unpaired) electrons. The van der Waals surface area contributed by atoms with Gasteiger partial charge in [-0.15, -0.1) is 0 Å². The van der Waals surface area contributed by atoms with Crippen LogP contribution in [0.15, 0.2) is 36.4 Å². The minimum absolute atomic E-state index is 0.117. The highest BCUT2D eigenvalue weighted by molar-refractivity contribution is 5.45. The van der Waals surface area contributed by atoms with Gasteiger partial charge in [-0.05, 0) is 37.6 Å². The van der Waals surface area contributed by atoms with E-state index in [9.17, 15) is 5.11 Å². The number of pyridine rings is 1. The quantitative estimate of drug-likeness (QED) is 0.848. The van der Waals surface area contributed by atoms with E-state index in [0.717, 1.165) is 22.5 Å². The van der Waals surface area contributed by atoms with Crippen molar-refractivity contribution in [1.29, 1.82) is 0 Å². The van der Waals surface area contributed by atoms with Crippen molar-refractivity contribution in [2.24, 2.45) is 0 Å². The zero-order valence-corrected chi connectivity index (χ0v) is 10.1. The molecule has 3 nitrogen and oxygen atoms in total. The second-order valence-corrected chi connectivity index (χ2v) is 4.10. The van der Waals surface area contributed by atoms with E-state index in [1.54, 1.807) is 0 Å². The maximum Gasteiger partial charge on any atom is 0.216 e. The Bertz CT molecular complexity index is 486. The van der Waals surface area contributed by atoms with E-state index in [4.69, 9.17) is 0 Å². The number of aryl methyl sites for hydroxylation is 2. The third kappa shape index (κ3) is 2.75. The zero-order chi connectivity index (χ0) is 12.3. The standard InChI is InChI=1S/C14H16N2O/c1-10-8-11(2)16-14(17)13(10)9-15-12-6-4-3-5-7-12/h3-8,15H,9H2,1-2H3,(H,16,17). The number of rotatable bonds is 3. The molecule has 0 aliphatic rings. The summed E-state index contributed by atoms with van der Waals surface area (Å²) in [6.45, 7) is 4.44. The van der Waals surface area contributed by atoms with Gasteiger partial charge >= 0.3 is 0 Å². The lowest BCUT2D eigenvalue weighted by Gasteiger charge is -2.11. The second-order valence-electron chi connectivity index (χ2n) is 4.10. The Kier molecular flexibility index (Phi) is 3.28. The van der Waals surface area contributed by atoms with Gasteiger partial charge in [-0.25, -0.2) is 4.98 Å². The molecule has 1 aromatic heterocycles. The number of para-hydroxylation sites is 1. The van der Waals surface area contributed by atoms with E-state index in [1.807, 2.05) is 50.2 Å². The number of aromatic nitrogens is 1. The summed E-state index contributed by atoms with van der Waals surface area (Å²) in [6, 6.07) is 11.9. The lowest BCUT2D eigenvalue weighted by Crippen LogP contribution is -2.03. The van der Waals surface area contributed by atoms with Crippen LogP contribution in [0.2, 0.25) is 0 Å². The number of anilines is 1. The van der Waals surface area contributed by atoms with Crippen LogP contribution in [0.3, 0.4) is 0 Å². The lowest BCUT2D eigenvalue weighted by atomic mass is 10.1. The van der Waals surface area contributed by atoms with E-state index < -0.39 is 0 Å². The van der Waals surface area contributed by atoms with Gasteiger partial charge in [-0.1, -0.05) is 18.2 Å². The Morgan fingerprint density at radius 3 is 2.53 bits per heavy atom. The summed E-state index contributed by atoms with van der Waals surface area (Å²) >= 11 is 0. The summed E-state index contributed by atoms with van der Waals surface area (Å²) in [5.41, 5.74) is 3.77. The average molecular weight is 228 g/mol. The topological polar surface area (TPSA) is 45.1 Å². The van der Waals surface area contributed by atoms with Crippen LogP contribution < -0.4 is 5.32 Å². The first-order valence-corrected chi connectivity index (χ1v) is 5.62. The van der Waals surface area contributed by atoms with E-state index >= 15 is 0 Å². The summed E-state index contributed by atoms with van der Waals surface area (Å²) < 4.78 is 0. The van der Waals surface area contributed by atoms with Gasteiger partial charge in [-0.3, -0.25) is 0 Å². The average Bonchev–Trinajstić information content (AvgIpc) is 2.29. The van der Waals surface area contributed by atoms with Crippen molar-refractivity contribution >= 4 is 5.69 Å². The van der Waals surface area contributed by atoms with Crippen LogP contribution in [0.4, 0.5) is 5.69 Å². The number of nitrogens with one attached hydrogen (secondary N) is 1. The molecule has 2 N–H and O–H groups in total. The third-order valence-electron chi connectivity index (χ3n) is 2.70. The largest absolute Gasteiger partial charge is 0.493 e. The fourth-order valence-electron chi connectivity index (χ4n) is 1.81. The van der Waals surface area contributed by atoms with Crippen LogP contribution in [0.5, 0.6) is 5.88 Å². The van der Waals surface area contributed by atoms with E-state index in [1.165, 1.54) is 0 Å². The highest BCUT2D eigenvalue weighted by Gasteiger charge is 2.07. The minimum Gasteiger partial charge on any atom is -0.493 e. The molecule has 17 heavy (non-hydrogen) atoms. The molecule has 3 heteroatoms. The van der Waals surface area contributed by atoms with Gasteiger partial charge in [0.1, 0.15) is 0 Å². The Balaban J connectivity index is 2.15. The molecular formula is C14H16N2O. The normalized spacial score (nSPS) is 10.2. The summed E-state index contributed by atoms with van der Waals surface area (Å²) in [7, 11) is 0. The molecule has 0 aliphatic carbocycles. The molecule has 0 bridgehead atoms. The summed E-state index contributed by atoms with van der Waals surface area (Å²) in [5, 5.41) is 13.1. The number of hydrogen-bond donors (Lipinski definition) is 2. The minimum atomic E-state index is 0.117. The third-order valence-corrected chi connectivity index (χ3v) is 2.70. The Labute approximate surface area is 101 Å². The molecule has 88 valence electrons. The van der Waals surface area contributed by atoms with Crippen LogP contribution in [0.25, 0.3) is 0 Å². The molecule has 0 aliphatic heterocycles. The van der Waals surface area contributed by atoms with Gasteiger partial charge in [0.2, 0.25) is 5.88 Å². The van der Waals surface area contributed by atoms with Gasteiger partial charge in [0.05, 0.1) is 0 Å². The molecular weight excluding hydrogens is 212 g/mol. The van der Waals surface area contributed by atoms with Crippen molar-refractivity contribution in [3.8, 4) is 5.88 Å². The highest BCUT2D eigenvalue weighted by atomic mass is 16.3. The molecule has 0 atom stereocenters. The molecule has 1 heterocycles. The van der Waals surface area contributed by atoms with Gasteiger partial charge in [-0.2, -0.15) is 0 Å². The van der Waals surface area contributed by atoms with Crippen LogP contribution in [-0.4, -0.2) is 10.1 Å². The predicted octanol–water partition coefficient (Wildman–Crippen LogP) is 3.02. The number of hydrogen-bond acceptors (Lipinski definition) is 3. The summed E-state index contributed by atoms with van der Waals surface area (Å²) in [4.78, 5) is 4.06. The second kappa shape index (κ2) is 4.87. The van der Waals surface area contributed by atoms with Crippen LogP contribution in [0.1, 0.15) is 16.8 Å². The van der Waals surface area contributed by atoms with Gasteiger partial charge < -0.3 is 10.4 Å². The monoisotopic (exact) mass is 228 g/mol. The van der Waals surface area contributed by atoms with Crippen molar-refractivity contribution in [3.05, 3.63) is 53.2 Å². The first-order valence-electron chi connectivity index (χ1n) is 5.62. The summed E-state index contributed by atoms with van der Waals surface area (Å²) in [5.74, 6) is 0.117. The van der Waals surface area contributed by atoms with Crippen LogP contribution >= 0.6 is 0 Å². The molecule has 0 saturated carbocycles. The molecule has 0 saturated heterocycles. The molecule has 0 spiro atoms. The van der Waals surface area contributed by atoms with Crippen LogP contribution in [0, 0.1) is 13.8 Å². The fourth-order valence-corrected chi connectivity index (χ4v) is 1.81. The molecule has 0 amide bonds. The van der Waals surface area contributed by atoms with Gasteiger partial charge in [0.15, 0.2) is 0 Å². The maximum absolute atomic E-state index is 9.80. The molecule has 2 aromatic rings. The molecule has 0 fully saturated rings. The van der Waals surface area contributed by atoms with Gasteiger partial charge in [0.25, 0.3) is 0 Å². The highest BCUT2D eigenvalue weighted by Crippen LogP contribution is 2.20. The van der Waals surface area contributed by atoms with Crippen molar-refractivity contribution in [2.75, 3.05) is 5.32 Å². The van der Waals surface area contributed by atoms with E-state index in [0.29, 0.717) is 6.54 Å². The first kappa shape index (κ1) is 11.5. The van der Waals surface area contributed by atoms with Crippen LogP contribution in [-0.2, 0) is 6.54 Å². The summed E-state index contributed by atoms with van der Waals surface area (Å²) in [6.07, 6.45) is 0. The Morgan fingerprint density at radius 1 is 1.18 bits per heavy atom. The van der Waals surface area contributed by atoms with Crippen molar-refractivity contribution < 1.29 is 5.11 Å². The Hall–Kier alpha value is -2.03. The smallest absolute Gasteiger partial charge is 0.216 e. The number of aromatic hydroxyl groups is 1. The molecule has 2 rings (SSSR count). The lowest BCUT2D eigenvalue weighted by molar-refractivity contribution is 0.445. The molecule has 0 unspecified atom stereocenters. The van der Waals surface area contributed by atoms with Gasteiger partial charge in [0, 0.05) is 23.5 Å².